The fourth-order valence-corrected chi connectivity index (χ4v) is 1.28. The highest BCUT2D eigenvalue weighted by atomic mass is 19.2. The third-order valence-corrected chi connectivity index (χ3v) is 2.17. The van der Waals surface area contributed by atoms with Crippen molar-refractivity contribution in [1.29, 1.82) is 0 Å². The zero-order valence-corrected chi connectivity index (χ0v) is 8.95. The summed E-state index contributed by atoms with van der Waals surface area (Å²) in [6.45, 7) is 1.78. The molecule has 0 aliphatic rings. The quantitative estimate of drug-likeness (QED) is 0.749. The van der Waals surface area contributed by atoms with Gasteiger partial charge in [-0.25, -0.2) is 18.7 Å². The standard InChI is InChI=1S/C12H8F2N2O/c1-7-5-15-12(16-6-7)11(17)8-2-3-9(13)10(14)4-8/h2-6H,1H3. The highest BCUT2D eigenvalue weighted by Crippen LogP contribution is 2.11. The van der Waals surface area contributed by atoms with Crippen LogP contribution in [0.2, 0.25) is 0 Å². The van der Waals surface area contributed by atoms with Crippen LogP contribution in [0.1, 0.15) is 21.7 Å². The number of aryl methyl sites for hydroxylation is 1. The van der Waals surface area contributed by atoms with E-state index in [0.717, 1.165) is 17.7 Å². The lowest BCUT2D eigenvalue weighted by atomic mass is 10.1. The lowest BCUT2D eigenvalue weighted by Crippen LogP contribution is -2.07. The van der Waals surface area contributed by atoms with Crippen LogP contribution in [-0.4, -0.2) is 15.8 Å². The fourth-order valence-electron chi connectivity index (χ4n) is 1.28. The summed E-state index contributed by atoms with van der Waals surface area (Å²) in [5.41, 5.74) is 0.833. The lowest BCUT2D eigenvalue weighted by molar-refractivity contribution is 0.102. The summed E-state index contributed by atoms with van der Waals surface area (Å²) < 4.78 is 25.7. The number of carbonyl (C=O) groups excluding carboxylic acids is 1. The van der Waals surface area contributed by atoms with Gasteiger partial charge in [-0.1, -0.05) is 0 Å². The Bertz CT molecular complexity index is 567. The summed E-state index contributed by atoms with van der Waals surface area (Å²) in [6.07, 6.45) is 2.97. The first-order valence-electron chi connectivity index (χ1n) is 4.86. The van der Waals surface area contributed by atoms with Gasteiger partial charge >= 0.3 is 0 Å². The van der Waals surface area contributed by atoms with E-state index in [2.05, 4.69) is 9.97 Å². The Kier molecular flexibility index (Phi) is 2.91. The second-order valence-electron chi connectivity index (χ2n) is 3.54. The topological polar surface area (TPSA) is 42.9 Å². The smallest absolute Gasteiger partial charge is 0.230 e. The predicted molar refractivity (Wildman–Crippen MR) is 56.6 cm³/mol. The molecule has 0 saturated heterocycles. The van der Waals surface area contributed by atoms with Crippen LogP contribution >= 0.6 is 0 Å². The number of hydrogen-bond acceptors (Lipinski definition) is 3. The maximum Gasteiger partial charge on any atom is 0.230 e. The van der Waals surface area contributed by atoms with Gasteiger partial charge in [-0.3, -0.25) is 4.79 Å². The molecular formula is C12H8F2N2O. The zero-order valence-electron chi connectivity index (χ0n) is 8.95. The van der Waals surface area contributed by atoms with Gasteiger partial charge in [-0.05, 0) is 30.7 Å². The number of rotatable bonds is 2. The van der Waals surface area contributed by atoms with Gasteiger partial charge in [0, 0.05) is 18.0 Å². The van der Waals surface area contributed by atoms with E-state index in [0.29, 0.717) is 0 Å². The second kappa shape index (κ2) is 4.37. The van der Waals surface area contributed by atoms with Crippen LogP contribution in [0.3, 0.4) is 0 Å². The Morgan fingerprint density at radius 2 is 1.76 bits per heavy atom. The number of carbonyl (C=O) groups is 1. The molecule has 86 valence electrons. The molecule has 0 aliphatic carbocycles. The molecule has 0 N–H and O–H groups in total. The summed E-state index contributed by atoms with van der Waals surface area (Å²) in [6, 6.07) is 2.93. The molecule has 1 heterocycles. The van der Waals surface area contributed by atoms with Crippen molar-refractivity contribution in [2.45, 2.75) is 6.92 Å². The van der Waals surface area contributed by atoms with Crippen molar-refractivity contribution < 1.29 is 13.6 Å². The van der Waals surface area contributed by atoms with Crippen molar-refractivity contribution in [2.24, 2.45) is 0 Å². The van der Waals surface area contributed by atoms with E-state index in [1.807, 2.05) is 0 Å². The van der Waals surface area contributed by atoms with Crippen LogP contribution in [0.15, 0.2) is 30.6 Å². The van der Waals surface area contributed by atoms with E-state index < -0.39 is 17.4 Å². The van der Waals surface area contributed by atoms with Gasteiger partial charge in [0.05, 0.1) is 0 Å². The summed E-state index contributed by atoms with van der Waals surface area (Å²) in [7, 11) is 0. The SMILES string of the molecule is Cc1cnc(C(=O)c2ccc(F)c(F)c2)nc1. The van der Waals surface area contributed by atoms with E-state index in [1.165, 1.54) is 18.5 Å². The normalized spacial score (nSPS) is 10.3. The van der Waals surface area contributed by atoms with Gasteiger partial charge in [-0.2, -0.15) is 0 Å². The number of ketones is 1. The molecule has 0 amide bonds. The predicted octanol–water partition coefficient (Wildman–Crippen LogP) is 2.29. The first kappa shape index (κ1) is 11.3. The largest absolute Gasteiger partial charge is 0.285 e. The summed E-state index contributed by atoms with van der Waals surface area (Å²) >= 11 is 0. The molecule has 0 aliphatic heterocycles. The molecule has 0 unspecified atom stereocenters. The molecule has 0 atom stereocenters. The number of nitrogens with zero attached hydrogens (tertiary/aromatic N) is 2. The van der Waals surface area contributed by atoms with Gasteiger partial charge in [0.1, 0.15) is 0 Å². The average molecular weight is 234 g/mol. The van der Waals surface area contributed by atoms with Crippen molar-refractivity contribution in [3.63, 3.8) is 0 Å². The van der Waals surface area contributed by atoms with E-state index in [4.69, 9.17) is 0 Å². The summed E-state index contributed by atoms with van der Waals surface area (Å²) in [5, 5.41) is 0. The minimum absolute atomic E-state index is 0.0211. The molecule has 2 rings (SSSR count). The summed E-state index contributed by atoms with van der Waals surface area (Å²) in [4.78, 5) is 19.5. The molecular weight excluding hydrogens is 226 g/mol. The highest BCUT2D eigenvalue weighted by Gasteiger charge is 2.14. The average Bonchev–Trinajstić information content (AvgIpc) is 2.33. The van der Waals surface area contributed by atoms with Crippen LogP contribution in [0.25, 0.3) is 0 Å². The van der Waals surface area contributed by atoms with Gasteiger partial charge in [0.2, 0.25) is 11.6 Å². The lowest BCUT2D eigenvalue weighted by Gasteiger charge is -2.00. The van der Waals surface area contributed by atoms with Crippen LogP contribution in [0, 0.1) is 18.6 Å². The number of hydrogen-bond donors (Lipinski definition) is 0. The van der Waals surface area contributed by atoms with Gasteiger partial charge in [0.25, 0.3) is 0 Å². The Morgan fingerprint density at radius 1 is 1.12 bits per heavy atom. The molecule has 0 spiro atoms. The molecule has 0 bridgehead atoms. The number of benzene rings is 1. The van der Waals surface area contributed by atoms with Crippen molar-refractivity contribution in [2.75, 3.05) is 0 Å². The second-order valence-corrected chi connectivity index (χ2v) is 3.54. The van der Waals surface area contributed by atoms with Gasteiger partial charge in [-0.15, -0.1) is 0 Å². The third kappa shape index (κ3) is 2.33. The van der Waals surface area contributed by atoms with E-state index in [-0.39, 0.29) is 11.4 Å². The van der Waals surface area contributed by atoms with Crippen molar-refractivity contribution in [1.82, 2.24) is 9.97 Å². The molecule has 1 aromatic carbocycles. The van der Waals surface area contributed by atoms with E-state index >= 15 is 0 Å². The van der Waals surface area contributed by atoms with Crippen LogP contribution in [-0.2, 0) is 0 Å². The molecule has 1 aromatic heterocycles. The van der Waals surface area contributed by atoms with Gasteiger partial charge < -0.3 is 0 Å². The minimum Gasteiger partial charge on any atom is -0.285 e. The van der Waals surface area contributed by atoms with Crippen LogP contribution in [0.5, 0.6) is 0 Å². The molecule has 0 saturated carbocycles. The summed E-state index contributed by atoms with van der Waals surface area (Å²) in [5.74, 6) is -2.64. The van der Waals surface area contributed by atoms with Crippen molar-refractivity contribution >= 4 is 5.78 Å². The highest BCUT2D eigenvalue weighted by molar-refractivity contribution is 6.06. The minimum atomic E-state index is -1.07. The maximum atomic E-state index is 13.0. The van der Waals surface area contributed by atoms with Crippen molar-refractivity contribution in [3.05, 3.63) is 59.2 Å². The maximum absolute atomic E-state index is 13.0. The molecule has 5 heteroatoms. The fraction of sp³-hybridized carbons (Fsp3) is 0.0833. The first-order chi connectivity index (χ1) is 8.08. The molecule has 2 aromatic rings. The Balaban J connectivity index is 2.37. The first-order valence-corrected chi connectivity index (χ1v) is 4.86. The van der Waals surface area contributed by atoms with Crippen LogP contribution in [0.4, 0.5) is 8.78 Å². The third-order valence-electron chi connectivity index (χ3n) is 2.17. The van der Waals surface area contributed by atoms with E-state index in [1.54, 1.807) is 6.92 Å². The Hall–Kier alpha value is -2.17. The molecule has 17 heavy (non-hydrogen) atoms. The number of halogens is 2. The van der Waals surface area contributed by atoms with E-state index in [9.17, 15) is 13.6 Å². The number of aromatic nitrogens is 2. The Labute approximate surface area is 96.2 Å². The molecule has 0 fully saturated rings. The van der Waals surface area contributed by atoms with Crippen LogP contribution < -0.4 is 0 Å². The van der Waals surface area contributed by atoms with Gasteiger partial charge in [0.15, 0.2) is 11.6 Å². The monoisotopic (exact) mass is 234 g/mol. The Morgan fingerprint density at radius 3 is 2.35 bits per heavy atom. The van der Waals surface area contributed by atoms with Crippen molar-refractivity contribution in [3.8, 4) is 0 Å². The molecule has 3 nitrogen and oxygen atoms in total. The molecule has 0 radical (unpaired) electrons. The zero-order chi connectivity index (χ0) is 12.4.